The Kier molecular flexibility index (Phi) is 8.52. The molecule has 0 amide bonds. The van der Waals surface area contributed by atoms with Crippen molar-refractivity contribution in [1.29, 1.82) is 0 Å². The van der Waals surface area contributed by atoms with E-state index in [1.165, 1.54) is 11.1 Å². The minimum absolute atomic E-state index is 0.173. The molecule has 0 N–H and O–H groups in total. The molecule has 0 bridgehead atoms. The Balaban J connectivity index is 2.18. The van der Waals surface area contributed by atoms with Crippen molar-refractivity contribution >= 4 is 11.9 Å². The number of hydrogen-bond acceptors (Lipinski definition) is 5. The third-order valence-electron chi connectivity index (χ3n) is 4.90. The molecule has 0 radical (unpaired) electrons. The zero-order valence-electron chi connectivity index (χ0n) is 16.3. The van der Waals surface area contributed by atoms with Crippen LogP contribution >= 0.6 is 0 Å². The quantitative estimate of drug-likeness (QED) is 0.463. The van der Waals surface area contributed by atoms with E-state index >= 15 is 0 Å². The van der Waals surface area contributed by atoms with Gasteiger partial charge in [0.05, 0.1) is 25.7 Å². The van der Waals surface area contributed by atoms with Gasteiger partial charge in [-0.2, -0.15) is 0 Å². The van der Waals surface area contributed by atoms with Gasteiger partial charge >= 0.3 is 11.9 Å². The van der Waals surface area contributed by atoms with Crippen molar-refractivity contribution in [3.05, 3.63) is 48.0 Å². The van der Waals surface area contributed by atoms with Gasteiger partial charge in [-0.25, -0.2) is 4.79 Å². The highest BCUT2D eigenvalue weighted by molar-refractivity contribution is 5.84. The summed E-state index contributed by atoms with van der Waals surface area (Å²) < 4.78 is 16.1. The van der Waals surface area contributed by atoms with Crippen LogP contribution in [-0.2, 0) is 36.6 Å². The van der Waals surface area contributed by atoms with Crippen LogP contribution in [0.5, 0.6) is 0 Å². The first kappa shape index (κ1) is 21.2. The van der Waals surface area contributed by atoms with Crippen molar-refractivity contribution in [2.45, 2.75) is 45.6 Å². The summed E-state index contributed by atoms with van der Waals surface area (Å²) in [6.45, 7) is 7.79. The van der Waals surface area contributed by atoms with Crippen molar-refractivity contribution in [2.75, 3.05) is 19.8 Å². The van der Waals surface area contributed by atoms with E-state index in [1.807, 2.05) is 6.07 Å². The third kappa shape index (κ3) is 5.93. The lowest BCUT2D eigenvalue weighted by molar-refractivity contribution is -0.170. The molecule has 0 saturated carbocycles. The first-order chi connectivity index (χ1) is 13.1. The molecule has 5 nitrogen and oxygen atoms in total. The van der Waals surface area contributed by atoms with Crippen LogP contribution in [0, 0.1) is 11.8 Å². The molecule has 1 aliphatic rings. The predicted molar refractivity (Wildman–Crippen MR) is 103 cm³/mol. The number of esters is 2. The Morgan fingerprint density at radius 1 is 1.15 bits per heavy atom. The Hall–Kier alpha value is -2.14. The zero-order chi connectivity index (χ0) is 19.6. The summed E-state index contributed by atoms with van der Waals surface area (Å²) in [6.07, 6.45) is 3.97. The van der Waals surface area contributed by atoms with Gasteiger partial charge in [0.2, 0.25) is 0 Å². The molecule has 0 aromatic heterocycles. The van der Waals surface area contributed by atoms with Crippen LogP contribution in [0.2, 0.25) is 0 Å². The number of hydrogen-bond donors (Lipinski definition) is 0. The van der Waals surface area contributed by atoms with E-state index < -0.39 is 24.0 Å². The molecule has 0 aliphatic heterocycles. The molecule has 1 aliphatic carbocycles. The highest BCUT2D eigenvalue weighted by atomic mass is 16.6. The molecule has 3 atom stereocenters. The fourth-order valence-corrected chi connectivity index (χ4v) is 3.67. The van der Waals surface area contributed by atoms with E-state index in [9.17, 15) is 9.59 Å². The van der Waals surface area contributed by atoms with Gasteiger partial charge in [0, 0.05) is 0 Å². The molecule has 0 fully saturated rings. The molecule has 0 spiro atoms. The van der Waals surface area contributed by atoms with Crippen LogP contribution in [0.3, 0.4) is 0 Å². The molecule has 1 aromatic carbocycles. The number of ether oxygens (including phenoxy) is 3. The second-order valence-corrected chi connectivity index (χ2v) is 6.77. The van der Waals surface area contributed by atoms with E-state index in [0.717, 1.165) is 19.3 Å². The van der Waals surface area contributed by atoms with E-state index in [2.05, 4.69) is 24.8 Å². The van der Waals surface area contributed by atoms with Gasteiger partial charge in [-0.05, 0) is 56.6 Å². The summed E-state index contributed by atoms with van der Waals surface area (Å²) in [6, 6.07) is 8.39. The first-order valence-corrected chi connectivity index (χ1v) is 9.73. The largest absolute Gasteiger partial charge is 0.466 e. The SMILES string of the molecule is C=CCO[C@H](C(=O)OCC)[C@@H](C[C@@H]1CCc2ccccc2C1)C(=O)OCC. The van der Waals surface area contributed by atoms with Gasteiger partial charge in [-0.3, -0.25) is 4.79 Å². The number of aryl methyl sites for hydroxylation is 1. The average molecular weight is 374 g/mol. The van der Waals surface area contributed by atoms with Crippen LogP contribution in [0.15, 0.2) is 36.9 Å². The Morgan fingerprint density at radius 2 is 1.81 bits per heavy atom. The van der Waals surface area contributed by atoms with Gasteiger partial charge < -0.3 is 14.2 Å². The summed E-state index contributed by atoms with van der Waals surface area (Å²) in [5.41, 5.74) is 2.68. The molecular formula is C22H30O5. The lowest BCUT2D eigenvalue weighted by Crippen LogP contribution is -2.41. The summed E-state index contributed by atoms with van der Waals surface area (Å²) >= 11 is 0. The molecule has 1 aromatic rings. The maximum absolute atomic E-state index is 12.6. The summed E-state index contributed by atoms with van der Waals surface area (Å²) in [5.74, 6) is -1.31. The lowest BCUT2D eigenvalue weighted by Gasteiger charge is -2.30. The molecule has 2 rings (SSSR count). The standard InChI is InChI=1S/C22H30O5/c1-4-13-27-20(22(24)26-6-3)19(21(23)25-5-2)15-16-11-12-17-9-7-8-10-18(17)14-16/h4,7-10,16,19-20H,1,5-6,11-15H2,2-3H3/t16-,19-,20+/m1/s1. The van der Waals surface area contributed by atoms with Crippen molar-refractivity contribution in [3.8, 4) is 0 Å². The van der Waals surface area contributed by atoms with Gasteiger partial charge in [-0.1, -0.05) is 30.3 Å². The zero-order valence-corrected chi connectivity index (χ0v) is 16.3. The van der Waals surface area contributed by atoms with Crippen LogP contribution in [0.1, 0.15) is 37.8 Å². The molecule has 27 heavy (non-hydrogen) atoms. The minimum atomic E-state index is -0.973. The fraction of sp³-hybridized carbons (Fsp3) is 0.545. The second-order valence-electron chi connectivity index (χ2n) is 6.77. The number of carbonyl (C=O) groups is 2. The van der Waals surface area contributed by atoms with E-state index in [-0.39, 0.29) is 19.8 Å². The fourth-order valence-electron chi connectivity index (χ4n) is 3.67. The highest BCUT2D eigenvalue weighted by Crippen LogP contribution is 2.32. The Labute approximate surface area is 161 Å². The minimum Gasteiger partial charge on any atom is -0.466 e. The molecule has 5 heteroatoms. The van der Waals surface area contributed by atoms with E-state index in [1.54, 1.807) is 19.9 Å². The van der Waals surface area contributed by atoms with Gasteiger partial charge in [-0.15, -0.1) is 6.58 Å². The van der Waals surface area contributed by atoms with Gasteiger partial charge in [0.25, 0.3) is 0 Å². The summed E-state index contributed by atoms with van der Waals surface area (Å²) in [7, 11) is 0. The molecule has 0 saturated heterocycles. The van der Waals surface area contributed by atoms with Crippen LogP contribution in [0.25, 0.3) is 0 Å². The monoisotopic (exact) mass is 374 g/mol. The maximum Gasteiger partial charge on any atom is 0.336 e. The number of fused-ring (bicyclic) bond motifs is 1. The molecular weight excluding hydrogens is 344 g/mol. The van der Waals surface area contributed by atoms with Crippen molar-refractivity contribution in [1.82, 2.24) is 0 Å². The van der Waals surface area contributed by atoms with Crippen molar-refractivity contribution in [2.24, 2.45) is 11.8 Å². The highest BCUT2D eigenvalue weighted by Gasteiger charge is 2.39. The number of benzene rings is 1. The third-order valence-corrected chi connectivity index (χ3v) is 4.90. The van der Waals surface area contributed by atoms with Crippen molar-refractivity contribution < 1.29 is 23.8 Å². The molecule has 0 unspecified atom stereocenters. The normalized spacial score (nSPS) is 18.1. The van der Waals surface area contributed by atoms with Crippen molar-refractivity contribution in [3.63, 3.8) is 0 Å². The average Bonchev–Trinajstić information content (AvgIpc) is 2.67. The predicted octanol–water partition coefficient (Wildman–Crippen LogP) is 3.50. The first-order valence-electron chi connectivity index (χ1n) is 9.73. The van der Waals surface area contributed by atoms with Gasteiger partial charge in [0.15, 0.2) is 6.10 Å². The summed E-state index contributed by atoms with van der Waals surface area (Å²) in [5, 5.41) is 0. The van der Waals surface area contributed by atoms with Gasteiger partial charge in [0.1, 0.15) is 0 Å². The summed E-state index contributed by atoms with van der Waals surface area (Å²) in [4.78, 5) is 25.1. The molecule has 148 valence electrons. The molecule has 0 heterocycles. The maximum atomic E-state index is 12.6. The van der Waals surface area contributed by atoms with Crippen LogP contribution in [-0.4, -0.2) is 37.9 Å². The van der Waals surface area contributed by atoms with Crippen LogP contribution in [0.4, 0.5) is 0 Å². The van der Waals surface area contributed by atoms with E-state index in [4.69, 9.17) is 14.2 Å². The lowest BCUT2D eigenvalue weighted by atomic mass is 9.78. The number of rotatable bonds is 10. The number of carbonyl (C=O) groups excluding carboxylic acids is 2. The Bertz CT molecular complexity index is 639. The second kappa shape index (κ2) is 10.9. The van der Waals surface area contributed by atoms with Crippen LogP contribution < -0.4 is 0 Å². The van der Waals surface area contributed by atoms with E-state index in [0.29, 0.717) is 12.3 Å². The topological polar surface area (TPSA) is 61.8 Å². The smallest absolute Gasteiger partial charge is 0.336 e. The Morgan fingerprint density at radius 3 is 2.48 bits per heavy atom.